The Morgan fingerprint density at radius 2 is 2.00 bits per heavy atom. The van der Waals surface area contributed by atoms with Crippen molar-refractivity contribution in [2.24, 2.45) is 11.3 Å². The monoisotopic (exact) mass is 326 g/mol. The first kappa shape index (κ1) is 18.5. The molecule has 4 unspecified atom stereocenters. The highest BCUT2D eigenvalue weighted by Gasteiger charge is 2.56. The highest BCUT2D eigenvalue weighted by Crippen LogP contribution is 2.53. The van der Waals surface area contributed by atoms with E-state index in [2.05, 4.69) is 10.6 Å². The molecule has 0 aromatic rings. The first-order valence-electron chi connectivity index (χ1n) is 9.32. The van der Waals surface area contributed by atoms with Crippen LogP contribution in [0.5, 0.6) is 0 Å². The minimum atomic E-state index is -0.320. The molecule has 2 amide bonds. The summed E-state index contributed by atoms with van der Waals surface area (Å²) in [6.45, 7) is 7.23. The molecule has 0 aromatic heterocycles. The molecule has 0 saturated heterocycles. The maximum absolute atomic E-state index is 12.2. The van der Waals surface area contributed by atoms with Crippen LogP contribution in [-0.4, -0.2) is 42.5 Å². The van der Waals surface area contributed by atoms with Gasteiger partial charge >= 0.3 is 6.03 Å². The third kappa shape index (κ3) is 4.60. The fraction of sp³-hybridized carbons (Fsp3) is 0.944. The number of nitrogens with one attached hydrogen (secondary N) is 2. The number of urea groups is 1. The summed E-state index contributed by atoms with van der Waals surface area (Å²) in [5.74, 6) is 0.280. The van der Waals surface area contributed by atoms with Gasteiger partial charge in [-0.25, -0.2) is 4.79 Å². The molecule has 3 N–H and O–H groups in total. The summed E-state index contributed by atoms with van der Waals surface area (Å²) < 4.78 is 5.93. The van der Waals surface area contributed by atoms with Crippen molar-refractivity contribution in [1.82, 2.24) is 10.6 Å². The second-order valence-electron chi connectivity index (χ2n) is 7.57. The first-order valence-corrected chi connectivity index (χ1v) is 9.32. The predicted octanol–water partition coefficient (Wildman–Crippen LogP) is 2.82. The van der Waals surface area contributed by atoms with Gasteiger partial charge < -0.3 is 20.5 Å². The summed E-state index contributed by atoms with van der Waals surface area (Å²) >= 11 is 0. The molecule has 0 bridgehead atoms. The third-order valence-electron chi connectivity index (χ3n) is 5.60. The third-order valence-corrected chi connectivity index (χ3v) is 5.60. The van der Waals surface area contributed by atoms with Gasteiger partial charge in [0, 0.05) is 24.6 Å². The van der Waals surface area contributed by atoms with Crippen molar-refractivity contribution in [2.75, 3.05) is 13.2 Å². The number of ether oxygens (including phenoxy) is 1. The van der Waals surface area contributed by atoms with E-state index in [0.717, 1.165) is 13.0 Å². The highest BCUT2D eigenvalue weighted by molar-refractivity contribution is 5.74. The number of hydrogen-bond donors (Lipinski definition) is 3. The quantitative estimate of drug-likeness (QED) is 0.674. The van der Waals surface area contributed by atoms with Gasteiger partial charge in [0.2, 0.25) is 0 Å². The number of rotatable bonds is 7. The number of carbonyl (C=O) groups is 1. The summed E-state index contributed by atoms with van der Waals surface area (Å²) in [6.07, 6.45) is 7.76. The van der Waals surface area contributed by atoms with Crippen LogP contribution in [0.25, 0.3) is 0 Å². The molecular formula is C18H34N2O3. The van der Waals surface area contributed by atoms with Crippen molar-refractivity contribution in [2.45, 2.75) is 84.0 Å². The minimum absolute atomic E-state index is 0.0765. The van der Waals surface area contributed by atoms with Crippen LogP contribution in [-0.2, 0) is 4.74 Å². The Morgan fingerprint density at radius 1 is 1.30 bits per heavy atom. The maximum atomic E-state index is 12.2. The van der Waals surface area contributed by atoms with Crippen molar-refractivity contribution >= 4 is 6.03 Å². The Kier molecular flexibility index (Phi) is 6.72. The van der Waals surface area contributed by atoms with E-state index in [-0.39, 0.29) is 29.5 Å². The standard InChI is InChI=1S/C18H34N2O3/c1-4-23-16-11-15(18(16)8-6-5-7-9-18)20-17(22)19-12-13(2)10-14(3)21/h13-16,21H,4-12H2,1-3H3,(H2,19,20,22). The summed E-state index contributed by atoms with van der Waals surface area (Å²) in [4.78, 5) is 12.2. The zero-order chi connectivity index (χ0) is 16.9. The molecule has 2 saturated carbocycles. The Hall–Kier alpha value is -0.810. The molecule has 2 rings (SSSR count). The smallest absolute Gasteiger partial charge is 0.315 e. The number of aliphatic hydroxyl groups is 1. The lowest BCUT2D eigenvalue weighted by Gasteiger charge is -2.57. The Morgan fingerprint density at radius 3 is 2.61 bits per heavy atom. The van der Waals surface area contributed by atoms with E-state index in [1.54, 1.807) is 6.92 Å². The van der Waals surface area contributed by atoms with E-state index < -0.39 is 0 Å². The van der Waals surface area contributed by atoms with E-state index in [4.69, 9.17) is 4.74 Å². The van der Waals surface area contributed by atoms with Crippen LogP contribution in [0.2, 0.25) is 0 Å². The molecule has 2 aliphatic rings. The van der Waals surface area contributed by atoms with Crippen molar-refractivity contribution in [3.63, 3.8) is 0 Å². The fourth-order valence-corrected chi connectivity index (χ4v) is 4.41. The van der Waals surface area contributed by atoms with Crippen molar-refractivity contribution in [1.29, 1.82) is 0 Å². The van der Waals surface area contributed by atoms with E-state index in [9.17, 15) is 9.90 Å². The Balaban J connectivity index is 1.81. The van der Waals surface area contributed by atoms with Crippen LogP contribution < -0.4 is 10.6 Å². The summed E-state index contributed by atoms with van der Waals surface area (Å²) in [6, 6.07) is 0.166. The molecular weight excluding hydrogens is 292 g/mol. The van der Waals surface area contributed by atoms with Gasteiger partial charge in [-0.2, -0.15) is 0 Å². The van der Waals surface area contributed by atoms with Gasteiger partial charge in [-0.05, 0) is 45.4 Å². The predicted molar refractivity (Wildman–Crippen MR) is 91.3 cm³/mol. The van der Waals surface area contributed by atoms with Crippen LogP contribution >= 0.6 is 0 Å². The minimum Gasteiger partial charge on any atom is -0.393 e. The van der Waals surface area contributed by atoms with E-state index in [1.165, 1.54) is 32.1 Å². The summed E-state index contributed by atoms with van der Waals surface area (Å²) in [5.41, 5.74) is 0.164. The number of hydrogen-bond acceptors (Lipinski definition) is 3. The molecule has 4 atom stereocenters. The van der Waals surface area contributed by atoms with Gasteiger partial charge in [0.1, 0.15) is 0 Å². The second-order valence-corrected chi connectivity index (χ2v) is 7.57. The first-order chi connectivity index (χ1) is 11.0. The van der Waals surface area contributed by atoms with Crippen molar-refractivity contribution in [3.8, 4) is 0 Å². The second kappa shape index (κ2) is 8.34. The number of aliphatic hydroxyl groups excluding tert-OH is 1. The molecule has 5 nitrogen and oxygen atoms in total. The normalized spacial score (nSPS) is 28.7. The SMILES string of the molecule is CCOC1CC(NC(=O)NCC(C)CC(C)O)C12CCCCC2. The highest BCUT2D eigenvalue weighted by atomic mass is 16.5. The van der Waals surface area contributed by atoms with E-state index in [1.807, 2.05) is 13.8 Å². The van der Waals surface area contributed by atoms with Crippen LogP contribution in [0.15, 0.2) is 0 Å². The Bertz CT molecular complexity index is 380. The average Bonchev–Trinajstić information content (AvgIpc) is 2.52. The molecule has 0 aliphatic heterocycles. The maximum Gasteiger partial charge on any atom is 0.315 e. The number of carbonyl (C=O) groups excluding carboxylic acids is 1. The zero-order valence-corrected chi connectivity index (χ0v) is 14.9. The van der Waals surface area contributed by atoms with Gasteiger partial charge in [-0.1, -0.05) is 26.2 Å². The molecule has 0 aromatic carbocycles. The lowest BCUT2D eigenvalue weighted by Crippen LogP contribution is -2.66. The average molecular weight is 326 g/mol. The molecule has 5 heteroatoms. The molecule has 1 spiro atoms. The van der Waals surface area contributed by atoms with Gasteiger partial charge in [-0.3, -0.25) is 0 Å². The largest absolute Gasteiger partial charge is 0.393 e. The van der Waals surface area contributed by atoms with Crippen LogP contribution in [0.3, 0.4) is 0 Å². The van der Waals surface area contributed by atoms with Crippen molar-refractivity contribution in [3.05, 3.63) is 0 Å². The number of amides is 2. The molecule has 2 fully saturated rings. The van der Waals surface area contributed by atoms with Gasteiger partial charge in [0.15, 0.2) is 0 Å². The zero-order valence-electron chi connectivity index (χ0n) is 14.9. The lowest BCUT2D eigenvalue weighted by molar-refractivity contribution is -0.146. The lowest BCUT2D eigenvalue weighted by atomic mass is 9.55. The van der Waals surface area contributed by atoms with Crippen LogP contribution in [0.1, 0.15) is 65.7 Å². The van der Waals surface area contributed by atoms with Gasteiger partial charge in [0.25, 0.3) is 0 Å². The topological polar surface area (TPSA) is 70.6 Å². The van der Waals surface area contributed by atoms with Crippen LogP contribution in [0, 0.1) is 11.3 Å². The molecule has 0 radical (unpaired) electrons. The van der Waals surface area contributed by atoms with Crippen molar-refractivity contribution < 1.29 is 14.6 Å². The van der Waals surface area contributed by atoms with Gasteiger partial charge in [-0.15, -0.1) is 0 Å². The molecule has 23 heavy (non-hydrogen) atoms. The Labute approximate surface area is 140 Å². The molecule has 2 aliphatic carbocycles. The van der Waals surface area contributed by atoms with E-state index in [0.29, 0.717) is 19.1 Å². The van der Waals surface area contributed by atoms with E-state index >= 15 is 0 Å². The molecule has 0 heterocycles. The molecule has 134 valence electrons. The fourth-order valence-electron chi connectivity index (χ4n) is 4.41. The van der Waals surface area contributed by atoms with Gasteiger partial charge in [0.05, 0.1) is 12.2 Å². The summed E-state index contributed by atoms with van der Waals surface area (Å²) in [7, 11) is 0. The van der Waals surface area contributed by atoms with Crippen LogP contribution in [0.4, 0.5) is 4.79 Å². The summed E-state index contributed by atoms with van der Waals surface area (Å²) in [5, 5.41) is 15.5.